The van der Waals surface area contributed by atoms with E-state index < -0.39 is 15.6 Å². The second-order valence-corrected chi connectivity index (χ2v) is 8.66. The van der Waals surface area contributed by atoms with E-state index in [-0.39, 0.29) is 11.7 Å². The molecule has 0 aliphatic carbocycles. The lowest BCUT2D eigenvalue weighted by Crippen LogP contribution is -2.51. The molecule has 0 bridgehead atoms. The largest absolute Gasteiger partial charge is 0.373 e. The number of hydrogen-bond donors (Lipinski definition) is 0. The first kappa shape index (κ1) is 19.1. The first-order valence-corrected chi connectivity index (χ1v) is 9.26. The molecule has 0 spiro atoms. The summed E-state index contributed by atoms with van der Waals surface area (Å²) in [4.78, 5) is 0. The minimum absolute atomic E-state index is 0.0523. The van der Waals surface area contributed by atoms with Crippen molar-refractivity contribution < 1.29 is 13.2 Å². The van der Waals surface area contributed by atoms with Crippen LogP contribution in [0.4, 0.5) is 0 Å². The highest BCUT2D eigenvalue weighted by molar-refractivity contribution is 7.89. The van der Waals surface area contributed by atoms with Gasteiger partial charge in [-0.15, -0.1) is 6.58 Å². The summed E-state index contributed by atoms with van der Waals surface area (Å²) >= 11 is 0. The molecule has 0 radical (unpaired) electrons. The van der Waals surface area contributed by atoms with Gasteiger partial charge in [-0.1, -0.05) is 36.3 Å². The fraction of sp³-hybridized carbons (Fsp3) is 0.647. The Kier molecular flexibility index (Phi) is 6.59. The van der Waals surface area contributed by atoms with E-state index in [2.05, 4.69) is 12.7 Å². The van der Waals surface area contributed by atoms with Crippen molar-refractivity contribution in [2.24, 2.45) is 5.92 Å². The Morgan fingerprint density at radius 3 is 2.59 bits per heavy atom. The Hall–Kier alpha value is -0.910. The van der Waals surface area contributed by atoms with E-state index in [4.69, 9.17) is 4.74 Å². The molecule has 22 heavy (non-hydrogen) atoms. The second-order valence-electron chi connectivity index (χ2n) is 6.69. The molecule has 0 aromatic rings. The summed E-state index contributed by atoms with van der Waals surface area (Å²) in [7, 11) is -3.30. The second kappa shape index (κ2) is 7.57. The molecule has 0 aromatic heterocycles. The molecule has 0 N–H and O–H groups in total. The Bertz CT molecular complexity index is 558. The van der Waals surface area contributed by atoms with Crippen LogP contribution in [-0.4, -0.2) is 43.8 Å². The Morgan fingerprint density at radius 2 is 2.05 bits per heavy atom. The summed E-state index contributed by atoms with van der Waals surface area (Å²) in [6, 6.07) is 0. The lowest BCUT2D eigenvalue weighted by atomic mass is 10.1. The van der Waals surface area contributed by atoms with Gasteiger partial charge < -0.3 is 4.74 Å². The van der Waals surface area contributed by atoms with Gasteiger partial charge in [-0.3, -0.25) is 0 Å². The van der Waals surface area contributed by atoms with Crippen molar-refractivity contribution in [3.8, 4) is 0 Å². The molecule has 0 saturated carbocycles. The summed E-state index contributed by atoms with van der Waals surface area (Å²) in [5.41, 5.74) is 1.48. The number of ether oxygens (including phenoxy) is 1. The Morgan fingerprint density at radius 1 is 1.41 bits per heavy atom. The summed E-state index contributed by atoms with van der Waals surface area (Å²) in [6.45, 7) is 14.8. The van der Waals surface area contributed by atoms with Crippen molar-refractivity contribution in [3.05, 3.63) is 36.0 Å². The number of morpholine rings is 1. The maximum absolute atomic E-state index is 12.5. The van der Waals surface area contributed by atoms with E-state index in [0.29, 0.717) is 19.7 Å². The molecule has 1 fully saturated rings. The van der Waals surface area contributed by atoms with E-state index in [9.17, 15) is 8.42 Å². The summed E-state index contributed by atoms with van der Waals surface area (Å²) in [5, 5.41) is 0. The zero-order valence-electron chi connectivity index (χ0n) is 14.4. The molecule has 126 valence electrons. The quantitative estimate of drug-likeness (QED) is 0.556. The maximum atomic E-state index is 12.5. The van der Waals surface area contributed by atoms with E-state index in [0.717, 1.165) is 11.1 Å². The highest BCUT2D eigenvalue weighted by Crippen LogP contribution is 2.20. The van der Waals surface area contributed by atoms with Crippen LogP contribution in [0.1, 0.15) is 34.6 Å². The number of nitrogens with zero attached hydrogens (tertiary/aromatic N) is 1. The molecule has 1 atom stereocenters. The number of sulfonamides is 1. The summed E-state index contributed by atoms with van der Waals surface area (Å²) < 4.78 is 32.2. The Labute approximate surface area is 135 Å². The molecule has 4 nitrogen and oxygen atoms in total. The lowest BCUT2D eigenvalue weighted by molar-refractivity contribution is -0.0639. The van der Waals surface area contributed by atoms with Crippen LogP contribution in [-0.2, 0) is 14.8 Å². The average Bonchev–Trinajstić information content (AvgIpc) is 2.36. The van der Waals surface area contributed by atoms with Gasteiger partial charge in [0.25, 0.3) is 0 Å². The van der Waals surface area contributed by atoms with Gasteiger partial charge in [0.2, 0.25) is 10.0 Å². The first-order valence-electron chi connectivity index (χ1n) is 7.66. The normalized spacial score (nSPS) is 22.4. The Balaban J connectivity index is 2.79. The monoisotopic (exact) mass is 327 g/mol. The summed E-state index contributed by atoms with van der Waals surface area (Å²) in [5.74, 6) is 0.331. The van der Waals surface area contributed by atoms with Crippen LogP contribution in [0.25, 0.3) is 0 Å². The van der Waals surface area contributed by atoms with Crippen molar-refractivity contribution in [1.82, 2.24) is 4.31 Å². The van der Waals surface area contributed by atoms with E-state index in [1.807, 2.05) is 46.8 Å². The van der Waals surface area contributed by atoms with Gasteiger partial charge in [0, 0.05) is 13.1 Å². The number of hydrogen-bond acceptors (Lipinski definition) is 3. The molecule has 1 unspecified atom stereocenters. The van der Waals surface area contributed by atoms with Crippen molar-refractivity contribution in [1.29, 1.82) is 0 Å². The minimum Gasteiger partial charge on any atom is -0.373 e. The van der Waals surface area contributed by atoms with Gasteiger partial charge in [0.1, 0.15) is 0 Å². The number of allylic oxidation sites excluding steroid dienone is 4. The molecular formula is C17H29NO3S. The molecule has 5 heteroatoms. The molecule has 0 amide bonds. The topological polar surface area (TPSA) is 46.6 Å². The highest BCUT2D eigenvalue weighted by Gasteiger charge is 2.33. The first-order chi connectivity index (χ1) is 10.1. The van der Waals surface area contributed by atoms with Gasteiger partial charge in [0.15, 0.2) is 0 Å². The predicted molar refractivity (Wildman–Crippen MR) is 92.3 cm³/mol. The van der Waals surface area contributed by atoms with Gasteiger partial charge >= 0.3 is 0 Å². The smallest absolute Gasteiger partial charge is 0.218 e. The zero-order chi connectivity index (χ0) is 17.0. The van der Waals surface area contributed by atoms with Gasteiger partial charge in [0.05, 0.1) is 18.0 Å². The fourth-order valence-corrected chi connectivity index (χ4v) is 4.25. The third-order valence-electron chi connectivity index (χ3n) is 3.57. The fourth-order valence-electron chi connectivity index (χ4n) is 2.55. The van der Waals surface area contributed by atoms with Crippen LogP contribution < -0.4 is 0 Å². The maximum Gasteiger partial charge on any atom is 0.218 e. The van der Waals surface area contributed by atoms with Crippen LogP contribution in [0.15, 0.2) is 36.0 Å². The van der Waals surface area contributed by atoms with Crippen LogP contribution >= 0.6 is 0 Å². The van der Waals surface area contributed by atoms with Crippen LogP contribution in [0.2, 0.25) is 0 Å². The van der Waals surface area contributed by atoms with Crippen molar-refractivity contribution in [2.75, 3.05) is 25.4 Å². The standard InChI is InChI=1S/C17H29NO3S/c1-7-14(2)10-15(3)11-16(4)12-22(19,20)18-8-9-21-17(5,6)13-18/h7,10-11,14H,1,8-9,12-13H2,2-6H3/b15-10-,16-11-. The molecule has 1 saturated heterocycles. The molecular weight excluding hydrogens is 298 g/mol. The molecule has 1 aliphatic heterocycles. The van der Waals surface area contributed by atoms with Crippen LogP contribution in [0, 0.1) is 5.92 Å². The van der Waals surface area contributed by atoms with Gasteiger partial charge in [-0.25, -0.2) is 8.42 Å². The van der Waals surface area contributed by atoms with Crippen molar-refractivity contribution in [2.45, 2.75) is 40.2 Å². The average molecular weight is 327 g/mol. The van der Waals surface area contributed by atoms with Gasteiger partial charge in [-0.2, -0.15) is 4.31 Å². The molecule has 0 aromatic carbocycles. The van der Waals surface area contributed by atoms with Crippen molar-refractivity contribution >= 4 is 10.0 Å². The van der Waals surface area contributed by atoms with Crippen LogP contribution in [0.5, 0.6) is 0 Å². The van der Waals surface area contributed by atoms with E-state index in [1.165, 1.54) is 0 Å². The zero-order valence-corrected chi connectivity index (χ0v) is 15.2. The molecule has 1 rings (SSSR count). The predicted octanol–water partition coefficient (Wildman–Crippen LogP) is 3.14. The van der Waals surface area contributed by atoms with Crippen molar-refractivity contribution in [3.63, 3.8) is 0 Å². The van der Waals surface area contributed by atoms with E-state index >= 15 is 0 Å². The van der Waals surface area contributed by atoms with E-state index in [1.54, 1.807) is 4.31 Å². The van der Waals surface area contributed by atoms with Gasteiger partial charge in [-0.05, 0) is 33.6 Å². The SMILES string of the molecule is C=CC(C)/C=C(C)\C=C(\C)CS(=O)(=O)N1CCOC(C)(C)C1. The lowest BCUT2D eigenvalue weighted by Gasteiger charge is -2.37. The minimum atomic E-state index is -3.30. The van der Waals surface area contributed by atoms with Crippen LogP contribution in [0.3, 0.4) is 0 Å². The highest BCUT2D eigenvalue weighted by atomic mass is 32.2. The summed E-state index contributed by atoms with van der Waals surface area (Å²) in [6.07, 6.45) is 5.86. The number of rotatable bonds is 6. The third kappa shape index (κ3) is 6.07. The third-order valence-corrected chi connectivity index (χ3v) is 5.48. The molecule has 1 aliphatic rings. The molecule has 1 heterocycles.